The van der Waals surface area contributed by atoms with Crippen molar-refractivity contribution in [3.05, 3.63) is 51.5 Å². The fourth-order valence-corrected chi connectivity index (χ4v) is 2.90. The highest BCUT2D eigenvalue weighted by molar-refractivity contribution is 7.09. The highest BCUT2D eigenvalue weighted by Crippen LogP contribution is 2.12. The molecule has 1 aromatic heterocycles. The Kier molecular flexibility index (Phi) is 7.21. The highest BCUT2D eigenvalue weighted by atomic mass is 32.1. The normalized spacial score (nSPS) is 10.6. The summed E-state index contributed by atoms with van der Waals surface area (Å²) < 4.78 is 5.61. The van der Waals surface area contributed by atoms with Crippen molar-refractivity contribution in [3.8, 4) is 0 Å². The Bertz CT molecular complexity index is 657. The first-order valence-electron chi connectivity index (χ1n) is 8.14. The predicted octanol–water partition coefficient (Wildman–Crippen LogP) is 3.72. The third-order valence-corrected chi connectivity index (χ3v) is 4.39. The number of amides is 2. The van der Waals surface area contributed by atoms with Crippen molar-refractivity contribution in [2.24, 2.45) is 0 Å². The van der Waals surface area contributed by atoms with E-state index >= 15 is 0 Å². The zero-order valence-corrected chi connectivity index (χ0v) is 15.4. The van der Waals surface area contributed by atoms with E-state index in [1.807, 2.05) is 36.6 Å². The lowest BCUT2D eigenvalue weighted by molar-refractivity contribution is 0.121. The fraction of sp³-hybridized carbons (Fsp3) is 0.444. The van der Waals surface area contributed by atoms with Gasteiger partial charge in [0.25, 0.3) is 0 Å². The largest absolute Gasteiger partial charge is 0.377 e. The molecule has 0 saturated heterocycles. The molecule has 0 atom stereocenters. The van der Waals surface area contributed by atoms with Gasteiger partial charge in [-0.2, -0.15) is 0 Å². The van der Waals surface area contributed by atoms with Crippen molar-refractivity contribution in [3.63, 3.8) is 0 Å². The molecule has 2 rings (SSSR count). The van der Waals surface area contributed by atoms with Crippen LogP contribution in [0.1, 0.15) is 35.2 Å². The summed E-state index contributed by atoms with van der Waals surface area (Å²) in [6, 6.07) is 7.93. The first-order valence-corrected chi connectivity index (χ1v) is 9.02. The molecule has 0 aliphatic rings. The van der Waals surface area contributed by atoms with Gasteiger partial charge in [0.1, 0.15) is 0 Å². The van der Waals surface area contributed by atoms with Crippen LogP contribution in [0.3, 0.4) is 0 Å². The number of thiazole rings is 1. The molecule has 6 heteroatoms. The maximum Gasteiger partial charge on any atom is 0.317 e. The van der Waals surface area contributed by atoms with Crippen molar-refractivity contribution < 1.29 is 9.53 Å². The molecular formula is C18H25N3O2S. The van der Waals surface area contributed by atoms with Gasteiger partial charge in [0.2, 0.25) is 0 Å². The van der Waals surface area contributed by atoms with Gasteiger partial charge in [-0.25, -0.2) is 9.78 Å². The van der Waals surface area contributed by atoms with E-state index in [9.17, 15) is 4.79 Å². The topological polar surface area (TPSA) is 54.5 Å². The fourth-order valence-electron chi connectivity index (χ4n) is 2.30. The zero-order chi connectivity index (χ0) is 17.4. The molecule has 0 spiro atoms. The summed E-state index contributed by atoms with van der Waals surface area (Å²) in [6.45, 7) is 6.38. The molecule has 0 aliphatic carbocycles. The molecular weight excluding hydrogens is 322 g/mol. The van der Waals surface area contributed by atoms with E-state index in [4.69, 9.17) is 4.74 Å². The second-order valence-electron chi connectivity index (χ2n) is 5.69. The molecule has 0 saturated carbocycles. The molecule has 1 aromatic carbocycles. The van der Waals surface area contributed by atoms with E-state index in [2.05, 4.69) is 17.2 Å². The van der Waals surface area contributed by atoms with Crippen molar-refractivity contribution in [2.75, 3.05) is 13.7 Å². The first kappa shape index (κ1) is 18.4. The summed E-state index contributed by atoms with van der Waals surface area (Å²) in [5, 5.41) is 5.96. The summed E-state index contributed by atoms with van der Waals surface area (Å²) >= 11 is 1.60. The maximum atomic E-state index is 12.3. The Morgan fingerprint density at radius 1 is 1.33 bits per heavy atom. The van der Waals surface area contributed by atoms with Crippen molar-refractivity contribution in [2.45, 2.75) is 40.0 Å². The van der Waals surface area contributed by atoms with Crippen LogP contribution in [0.5, 0.6) is 0 Å². The maximum absolute atomic E-state index is 12.3. The molecule has 0 fully saturated rings. The molecule has 130 valence electrons. The number of hydrogen-bond donors (Lipinski definition) is 1. The van der Waals surface area contributed by atoms with Crippen LogP contribution in [0.25, 0.3) is 0 Å². The second-order valence-corrected chi connectivity index (χ2v) is 6.76. The molecule has 2 amide bonds. The smallest absolute Gasteiger partial charge is 0.317 e. The standard InChI is InChI=1S/C18H25N3O2S/c1-4-9-23-12-16-8-6-5-7-15(16)10-19-18(22)21(3)11-17-13-24-14(2)20-17/h5-8,13H,4,9-12H2,1-3H3,(H,19,22). The van der Waals surface area contributed by atoms with Crippen LogP contribution in [0.2, 0.25) is 0 Å². The van der Waals surface area contributed by atoms with Gasteiger partial charge in [0.15, 0.2) is 0 Å². The monoisotopic (exact) mass is 347 g/mol. The third-order valence-electron chi connectivity index (χ3n) is 3.57. The Labute approximate surface area is 147 Å². The summed E-state index contributed by atoms with van der Waals surface area (Å²) in [6.07, 6.45) is 1.000. The molecule has 0 aliphatic heterocycles. The molecule has 0 radical (unpaired) electrons. The van der Waals surface area contributed by atoms with Crippen molar-refractivity contribution in [1.29, 1.82) is 0 Å². The number of aromatic nitrogens is 1. The predicted molar refractivity (Wildman–Crippen MR) is 96.9 cm³/mol. The minimum Gasteiger partial charge on any atom is -0.377 e. The number of carbonyl (C=O) groups is 1. The number of nitrogens with one attached hydrogen (secondary N) is 1. The van der Waals surface area contributed by atoms with Gasteiger partial charge in [-0.15, -0.1) is 11.3 Å². The number of urea groups is 1. The minimum atomic E-state index is -0.107. The van der Waals surface area contributed by atoms with Gasteiger partial charge in [-0.1, -0.05) is 31.2 Å². The van der Waals surface area contributed by atoms with E-state index in [0.29, 0.717) is 19.7 Å². The number of benzene rings is 1. The van der Waals surface area contributed by atoms with E-state index < -0.39 is 0 Å². The average Bonchev–Trinajstić information content (AvgIpc) is 2.98. The Hall–Kier alpha value is -1.92. The van der Waals surface area contributed by atoms with Crippen LogP contribution in [-0.4, -0.2) is 29.6 Å². The molecule has 5 nitrogen and oxygen atoms in total. The minimum absolute atomic E-state index is 0.107. The Morgan fingerprint density at radius 2 is 2.08 bits per heavy atom. The second kappa shape index (κ2) is 9.39. The Balaban J connectivity index is 1.86. The summed E-state index contributed by atoms with van der Waals surface area (Å²) in [5.74, 6) is 0. The lowest BCUT2D eigenvalue weighted by Gasteiger charge is -2.18. The van der Waals surface area contributed by atoms with Crippen LogP contribution >= 0.6 is 11.3 Å². The number of nitrogens with zero attached hydrogens (tertiary/aromatic N) is 2. The lowest BCUT2D eigenvalue weighted by atomic mass is 10.1. The molecule has 0 unspecified atom stereocenters. The van der Waals surface area contributed by atoms with Crippen LogP contribution in [0, 0.1) is 6.92 Å². The first-order chi connectivity index (χ1) is 11.6. The Morgan fingerprint density at radius 3 is 2.75 bits per heavy atom. The van der Waals surface area contributed by atoms with E-state index in [-0.39, 0.29) is 6.03 Å². The van der Waals surface area contributed by atoms with Crippen LogP contribution < -0.4 is 5.32 Å². The van der Waals surface area contributed by atoms with Gasteiger partial charge in [-0.05, 0) is 24.5 Å². The van der Waals surface area contributed by atoms with E-state index in [1.165, 1.54) is 0 Å². The van der Waals surface area contributed by atoms with E-state index in [1.54, 1.807) is 23.3 Å². The molecule has 0 bridgehead atoms. The molecule has 24 heavy (non-hydrogen) atoms. The van der Waals surface area contributed by atoms with Crippen LogP contribution in [0.4, 0.5) is 4.79 Å². The number of ether oxygens (including phenoxy) is 1. The highest BCUT2D eigenvalue weighted by Gasteiger charge is 2.11. The third kappa shape index (κ3) is 5.62. The number of carbonyl (C=O) groups excluding carboxylic acids is 1. The van der Waals surface area contributed by atoms with Gasteiger partial charge in [-0.3, -0.25) is 0 Å². The SMILES string of the molecule is CCCOCc1ccccc1CNC(=O)N(C)Cc1csc(C)n1. The number of rotatable bonds is 8. The zero-order valence-electron chi connectivity index (χ0n) is 14.5. The lowest BCUT2D eigenvalue weighted by Crippen LogP contribution is -2.36. The van der Waals surface area contributed by atoms with Gasteiger partial charge in [0, 0.05) is 25.6 Å². The van der Waals surface area contributed by atoms with Gasteiger partial charge >= 0.3 is 6.03 Å². The van der Waals surface area contributed by atoms with Crippen molar-refractivity contribution >= 4 is 17.4 Å². The quantitative estimate of drug-likeness (QED) is 0.741. The summed E-state index contributed by atoms with van der Waals surface area (Å²) in [5.41, 5.74) is 3.12. The summed E-state index contributed by atoms with van der Waals surface area (Å²) in [7, 11) is 1.78. The van der Waals surface area contributed by atoms with Gasteiger partial charge in [0.05, 0.1) is 23.9 Å². The average molecular weight is 347 g/mol. The van der Waals surface area contributed by atoms with E-state index in [0.717, 1.165) is 34.9 Å². The molecule has 1 heterocycles. The molecule has 2 aromatic rings. The number of hydrogen-bond acceptors (Lipinski definition) is 4. The van der Waals surface area contributed by atoms with Crippen LogP contribution in [-0.2, 0) is 24.4 Å². The molecule has 1 N–H and O–H groups in total. The number of aryl methyl sites for hydroxylation is 1. The van der Waals surface area contributed by atoms with Crippen LogP contribution in [0.15, 0.2) is 29.6 Å². The van der Waals surface area contributed by atoms with Gasteiger partial charge < -0.3 is 15.0 Å². The summed E-state index contributed by atoms with van der Waals surface area (Å²) in [4.78, 5) is 18.3. The van der Waals surface area contributed by atoms with Crippen molar-refractivity contribution in [1.82, 2.24) is 15.2 Å².